The molecule has 0 saturated heterocycles. The van der Waals surface area contributed by atoms with Crippen LogP contribution in [0.4, 0.5) is 11.4 Å². The fourth-order valence-corrected chi connectivity index (χ4v) is 3.48. The zero-order valence-corrected chi connectivity index (χ0v) is 16.8. The van der Waals surface area contributed by atoms with Gasteiger partial charge in [-0.05, 0) is 48.2 Å². The maximum atomic E-state index is 12.4. The number of fused-ring (bicyclic) bond motifs is 1. The summed E-state index contributed by atoms with van der Waals surface area (Å²) in [6.07, 6.45) is -0.648. The van der Waals surface area contributed by atoms with Crippen LogP contribution >= 0.6 is 11.8 Å². The van der Waals surface area contributed by atoms with Gasteiger partial charge in [-0.2, -0.15) is 0 Å². The Bertz CT molecular complexity index is 857. The van der Waals surface area contributed by atoms with Crippen molar-refractivity contribution in [1.29, 1.82) is 0 Å². The minimum absolute atomic E-state index is 0.0358. The first kappa shape index (κ1) is 19.3. The Labute approximate surface area is 163 Å². The molecule has 0 spiro atoms. The van der Waals surface area contributed by atoms with Crippen molar-refractivity contribution in [2.24, 2.45) is 0 Å². The van der Waals surface area contributed by atoms with E-state index in [1.807, 2.05) is 36.4 Å². The fourth-order valence-electron chi connectivity index (χ4n) is 2.70. The van der Waals surface area contributed by atoms with Crippen LogP contribution in [-0.4, -0.2) is 23.7 Å². The van der Waals surface area contributed by atoms with E-state index in [1.54, 1.807) is 13.0 Å². The molecule has 1 aliphatic rings. The molecule has 2 aromatic rings. The van der Waals surface area contributed by atoms with Crippen molar-refractivity contribution in [3.63, 3.8) is 0 Å². The molecular weight excluding hydrogens is 360 g/mol. The van der Waals surface area contributed by atoms with Gasteiger partial charge in [-0.25, -0.2) is 0 Å². The Balaban J connectivity index is 1.62. The molecule has 2 N–H and O–H groups in total. The predicted molar refractivity (Wildman–Crippen MR) is 110 cm³/mol. The van der Waals surface area contributed by atoms with Gasteiger partial charge < -0.3 is 15.4 Å². The Morgan fingerprint density at radius 3 is 2.56 bits per heavy atom. The number of nitrogens with one attached hydrogen (secondary N) is 2. The number of carbonyl (C=O) groups is 2. The largest absolute Gasteiger partial charge is 0.481 e. The van der Waals surface area contributed by atoms with Crippen LogP contribution in [0.3, 0.4) is 0 Å². The van der Waals surface area contributed by atoms with Gasteiger partial charge >= 0.3 is 0 Å². The molecule has 0 fully saturated rings. The summed E-state index contributed by atoms with van der Waals surface area (Å²) in [5.41, 5.74) is 2.63. The lowest BCUT2D eigenvalue weighted by atomic mass is 9.87. The number of hydrogen-bond donors (Lipinski definition) is 2. The second-order valence-electron chi connectivity index (χ2n) is 7.57. The Morgan fingerprint density at radius 2 is 1.89 bits per heavy atom. The molecule has 142 valence electrons. The summed E-state index contributed by atoms with van der Waals surface area (Å²) in [4.78, 5) is 25.0. The molecule has 0 aromatic heterocycles. The molecule has 1 atom stereocenters. The smallest absolute Gasteiger partial charge is 0.265 e. The van der Waals surface area contributed by atoms with E-state index in [1.165, 1.54) is 17.3 Å². The van der Waals surface area contributed by atoms with E-state index >= 15 is 0 Å². The monoisotopic (exact) mass is 384 g/mol. The number of anilines is 2. The summed E-state index contributed by atoms with van der Waals surface area (Å²) < 4.78 is 5.76. The van der Waals surface area contributed by atoms with Crippen LogP contribution in [0.15, 0.2) is 47.4 Å². The molecule has 3 rings (SSSR count). The van der Waals surface area contributed by atoms with Crippen molar-refractivity contribution in [1.82, 2.24) is 0 Å². The highest BCUT2D eigenvalue weighted by molar-refractivity contribution is 8.00. The van der Waals surface area contributed by atoms with Crippen molar-refractivity contribution in [3.8, 4) is 5.75 Å². The summed E-state index contributed by atoms with van der Waals surface area (Å²) in [6, 6.07) is 13.3. The second-order valence-corrected chi connectivity index (χ2v) is 8.59. The standard InChI is InChI=1S/C21H24N2O3S/c1-13(26-16-8-5-14(6-9-16)21(2,3)4)20(25)22-15-7-10-18-17(11-15)23-19(24)12-27-18/h5-11,13H,12H2,1-4H3,(H,22,25)(H,23,24). The molecular formula is C21H24N2O3S. The lowest BCUT2D eigenvalue weighted by Crippen LogP contribution is -2.30. The maximum absolute atomic E-state index is 12.4. The predicted octanol–water partition coefficient (Wildman–Crippen LogP) is 4.43. The van der Waals surface area contributed by atoms with E-state index in [-0.39, 0.29) is 17.2 Å². The zero-order valence-electron chi connectivity index (χ0n) is 16.0. The van der Waals surface area contributed by atoms with Crippen LogP contribution in [0.1, 0.15) is 33.3 Å². The Kier molecular flexibility index (Phi) is 5.46. The van der Waals surface area contributed by atoms with E-state index in [4.69, 9.17) is 4.74 Å². The molecule has 0 aliphatic carbocycles. The van der Waals surface area contributed by atoms with E-state index < -0.39 is 6.10 Å². The third-order valence-corrected chi connectivity index (χ3v) is 5.36. The summed E-state index contributed by atoms with van der Waals surface area (Å²) in [6.45, 7) is 8.17. The zero-order chi connectivity index (χ0) is 19.6. The normalized spacial score (nSPS) is 14.7. The molecule has 27 heavy (non-hydrogen) atoms. The first-order valence-electron chi connectivity index (χ1n) is 8.87. The van der Waals surface area contributed by atoms with E-state index in [0.717, 1.165) is 10.6 Å². The molecule has 5 nitrogen and oxygen atoms in total. The van der Waals surface area contributed by atoms with Crippen LogP contribution in [0.2, 0.25) is 0 Å². The molecule has 6 heteroatoms. The highest BCUT2D eigenvalue weighted by Gasteiger charge is 2.19. The summed E-state index contributed by atoms with van der Waals surface area (Å²) in [7, 11) is 0. The Hall–Kier alpha value is -2.47. The van der Waals surface area contributed by atoms with Crippen molar-refractivity contribution < 1.29 is 14.3 Å². The lowest BCUT2D eigenvalue weighted by molar-refractivity contribution is -0.122. The quantitative estimate of drug-likeness (QED) is 0.818. The number of carbonyl (C=O) groups excluding carboxylic acids is 2. The summed E-state index contributed by atoms with van der Waals surface area (Å²) in [5, 5.41) is 5.66. The summed E-state index contributed by atoms with van der Waals surface area (Å²) in [5.74, 6) is 0.785. The van der Waals surface area contributed by atoms with Crippen LogP contribution in [-0.2, 0) is 15.0 Å². The van der Waals surface area contributed by atoms with Gasteiger partial charge in [-0.15, -0.1) is 11.8 Å². The molecule has 1 unspecified atom stereocenters. The van der Waals surface area contributed by atoms with Crippen LogP contribution in [0.5, 0.6) is 5.75 Å². The maximum Gasteiger partial charge on any atom is 0.265 e. The highest BCUT2D eigenvalue weighted by Crippen LogP contribution is 2.33. The number of thioether (sulfide) groups is 1. The minimum atomic E-state index is -0.648. The average Bonchev–Trinajstić information content (AvgIpc) is 2.61. The third-order valence-electron chi connectivity index (χ3n) is 4.28. The van der Waals surface area contributed by atoms with Gasteiger partial charge in [0.25, 0.3) is 5.91 Å². The van der Waals surface area contributed by atoms with Gasteiger partial charge in [0.1, 0.15) is 5.75 Å². The molecule has 2 amide bonds. The molecule has 0 radical (unpaired) electrons. The van der Waals surface area contributed by atoms with Crippen LogP contribution < -0.4 is 15.4 Å². The van der Waals surface area contributed by atoms with E-state index in [0.29, 0.717) is 17.2 Å². The number of rotatable bonds is 4. The first-order valence-corrected chi connectivity index (χ1v) is 9.86. The number of benzene rings is 2. The topological polar surface area (TPSA) is 67.4 Å². The lowest BCUT2D eigenvalue weighted by Gasteiger charge is -2.20. The number of ether oxygens (including phenoxy) is 1. The first-order chi connectivity index (χ1) is 12.7. The molecule has 1 heterocycles. The van der Waals surface area contributed by atoms with Crippen LogP contribution in [0.25, 0.3) is 0 Å². The van der Waals surface area contributed by atoms with Gasteiger partial charge in [0, 0.05) is 10.6 Å². The minimum Gasteiger partial charge on any atom is -0.481 e. The number of hydrogen-bond acceptors (Lipinski definition) is 4. The second kappa shape index (κ2) is 7.64. The van der Waals surface area contributed by atoms with Crippen molar-refractivity contribution in [2.75, 3.05) is 16.4 Å². The SMILES string of the molecule is CC(Oc1ccc(C(C)(C)C)cc1)C(=O)Nc1ccc2c(c1)NC(=O)CS2. The van der Waals surface area contributed by atoms with E-state index in [2.05, 4.69) is 31.4 Å². The van der Waals surface area contributed by atoms with Gasteiger partial charge in [0.15, 0.2) is 6.10 Å². The van der Waals surface area contributed by atoms with E-state index in [9.17, 15) is 9.59 Å². The molecule has 0 saturated carbocycles. The van der Waals surface area contributed by atoms with Gasteiger partial charge in [0.05, 0.1) is 11.4 Å². The third kappa shape index (κ3) is 4.83. The molecule has 1 aliphatic heterocycles. The highest BCUT2D eigenvalue weighted by atomic mass is 32.2. The molecule has 0 bridgehead atoms. The van der Waals surface area contributed by atoms with Gasteiger partial charge in [0.2, 0.25) is 5.91 Å². The van der Waals surface area contributed by atoms with Crippen molar-refractivity contribution in [2.45, 2.75) is 44.1 Å². The van der Waals surface area contributed by atoms with Crippen LogP contribution in [0, 0.1) is 0 Å². The van der Waals surface area contributed by atoms with Gasteiger partial charge in [-0.3, -0.25) is 9.59 Å². The van der Waals surface area contributed by atoms with Crippen molar-refractivity contribution in [3.05, 3.63) is 48.0 Å². The average molecular weight is 385 g/mol. The summed E-state index contributed by atoms with van der Waals surface area (Å²) >= 11 is 1.49. The molecule has 2 aromatic carbocycles. The number of amides is 2. The van der Waals surface area contributed by atoms with Gasteiger partial charge in [-0.1, -0.05) is 32.9 Å². The Morgan fingerprint density at radius 1 is 1.19 bits per heavy atom. The fraction of sp³-hybridized carbons (Fsp3) is 0.333. The van der Waals surface area contributed by atoms with Crippen molar-refractivity contribution >= 4 is 35.0 Å².